The highest BCUT2D eigenvalue weighted by molar-refractivity contribution is 6.01. The molecule has 218 valence electrons. The van der Waals surface area contributed by atoms with Gasteiger partial charge in [-0.1, -0.05) is 36.4 Å². The van der Waals surface area contributed by atoms with Gasteiger partial charge in [-0.2, -0.15) is 0 Å². The monoisotopic (exact) mass is 569 g/mol. The molecular weight excluding hydrogens is 534 g/mol. The van der Waals surface area contributed by atoms with E-state index in [0.29, 0.717) is 49.4 Å². The topological polar surface area (TPSA) is 132 Å². The number of carbonyl (C=O) groups is 4. The van der Waals surface area contributed by atoms with Gasteiger partial charge >= 0.3 is 5.97 Å². The van der Waals surface area contributed by atoms with Gasteiger partial charge in [-0.3, -0.25) is 24.2 Å². The van der Waals surface area contributed by atoms with Gasteiger partial charge in [0.1, 0.15) is 0 Å². The predicted octanol–water partition coefficient (Wildman–Crippen LogP) is 3.66. The number of carboxylic acid groups (broad SMARTS) is 1. The molecule has 1 saturated carbocycles. The Balaban J connectivity index is 1.33. The third kappa shape index (κ3) is 7.51. The van der Waals surface area contributed by atoms with Crippen LogP contribution in [-0.2, 0) is 20.8 Å². The quantitative estimate of drug-likeness (QED) is 0.340. The predicted molar refractivity (Wildman–Crippen MR) is 158 cm³/mol. The van der Waals surface area contributed by atoms with Gasteiger partial charge in [0, 0.05) is 50.1 Å². The van der Waals surface area contributed by atoms with Crippen LogP contribution in [-0.4, -0.2) is 64.9 Å². The second-order valence-corrected chi connectivity index (χ2v) is 10.8. The molecule has 3 amide bonds. The van der Waals surface area contributed by atoms with E-state index in [4.69, 9.17) is 0 Å². The molecule has 10 heteroatoms. The van der Waals surface area contributed by atoms with Crippen LogP contribution in [0.4, 0.5) is 11.4 Å². The maximum Gasteiger partial charge on any atom is 0.305 e. The smallest absolute Gasteiger partial charge is 0.305 e. The van der Waals surface area contributed by atoms with Crippen molar-refractivity contribution >= 4 is 35.1 Å². The molecule has 10 nitrogen and oxygen atoms in total. The van der Waals surface area contributed by atoms with Crippen LogP contribution in [0.15, 0.2) is 73.1 Å². The summed E-state index contributed by atoms with van der Waals surface area (Å²) in [5.41, 5.74) is 3.19. The average Bonchev–Trinajstić information content (AvgIpc) is 3.85. The molecule has 2 aliphatic rings. The standard InChI is InChI=1S/C32H35N5O5/c38-29(18-22-6-2-1-3-7-22)37-15-5-14-36(16-17-37)28-12-11-24(19-27(28)35-31(41)23-9-10-23)32(42)34-26(20-30(39)40)25-8-4-13-33-21-25/h1-4,6-8,11-13,19,21,23,26H,5,9-10,14-18,20H2,(H,34,42)(H,35,41)(H,39,40). The van der Waals surface area contributed by atoms with Gasteiger partial charge in [0.15, 0.2) is 0 Å². The summed E-state index contributed by atoms with van der Waals surface area (Å²) in [5, 5.41) is 15.2. The van der Waals surface area contributed by atoms with Gasteiger partial charge in [-0.15, -0.1) is 0 Å². The molecule has 2 aromatic carbocycles. The molecule has 0 radical (unpaired) electrons. The van der Waals surface area contributed by atoms with Crippen LogP contribution in [0, 0.1) is 5.92 Å². The van der Waals surface area contributed by atoms with E-state index < -0.39 is 17.9 Å². The Morgan fingerprint density at radius 1 is 0.952 bits per heavy atom. The summed E-state index contributed by atoms with van der Waals surface area (Å²) < 4.78 is 0. The number of aromatic nitrogens is 1. The molecule has 0 bridgehead atoms. The summed E-state index contributed by atoms with van der Waals surface area (Å²) >= 11 is 0. The summed E-state index contributed by atoms with van der Waals surface area (Å²) in [4.78, 5) is 58.7. The normalized spacial score (nSPS) is 15.8. The van der Waals surface area contributed by atoms with Crippen molar-refractivity contribution in [2.75, 3.05) is 36.4 Å². The Morgan fingerprint density at radius 3 is 2.48 bits per heavy atom. The minimum Gasteiger partial charge on any atom is -0.481 e. The fourth-order valence-electron chi connectivity index (χ4n) is 5.17. The lowest BCUT2D eigenvalue weighted by molar-refractivity contribution is -0.137. The van der Waals surface area contributed by atoms with Crippen molar-refractivity contribution in [3.8, 4) is 0 Å². The van der Waals surface area contributed by atoms with Crippen LogP contribution in [0.1, 0.15) is 53.2 Å². The lowest BCUT2D eigenvalue weighted by Crippen LogP contribution is -2.36. The van der Waals surface area contributed by atoms with E-state index in [0.717, 1.165) is 30.5 Å². The molecule has 3 N–H and O–H groups in total. The molecule has 1 aliphatic carbocycles. The summed E-state index contributed by atoms with van der Waals surface area (Å²) in [6.45, 7) is 2.46. The van der Waals surface area contributed by atoms with Crippen molar-refractivity contribution in [1.29, 1.82) is 0 Å². The van der Waals surface area contributed by atoms with E-state index in [-0.39, 0.29) is 24.2 Å². The fraction of sp³-hybridized carbons (Fsp3) is 0.344. The molecule has 2 heterocycles. The molecule has 1 aliphatic heterocycles. The maximum atomic E-state index is 13.3. The zero-order valence-electron chi connectivity index (χ0n) is 23.4. The van der Waals surface area contributed by atoms with Crippen LogP contribution < -0.4 is 15.5 Å². The Kier molecular flexibility index (Phi) is 9.11. The minimum absolute atomic E-state index is 0.0314. The van der Waals surface area contributed by atoms with E-state index in [2.05, 4.69) is 20.5 Å². The van der Waals surface area contributed by atoms with Crippen molar-refractivity contribution in [3.63, 3.8) is 0 Å². The summed E-state index contributed by atoms with van der Waals surface area (Å²) in [7, 11) is 0. The number of nitrogens with one attached hydrogen (secondary N) is 2. The molecule has 1 saturated heterocycles. The first-order valence-corrected chi connectivity index (χ1v) is 14.3. The highest BCUT2D eigenvalue weighted by Crippen LogP contribution is 2.34. The number of aliphatic carboxylic acids is 1. The van der Waals surface area contributed by atoms with Gasteiger partial charge in [0.05, 0.1) is 30.3 Å². The van der Waals surface area contributed by atoms with Gasteiger partial charge < -0.3 is 25.5 Å². The van der Waals surface area contributed by atoms with Gasteiger partial charge in [-0.25, -0.2) is 0 Å². The zero-order chi connectivity index (χ0) is 29.5. The van der Waals surface area contributed by atoms with E-state index >= 15 is 0 Å². The maximum absolute atomic E-state index is 13.3. The summed E-state index contributed by atoms with van der Waals surface area (Å²) in [6.07, 6.45) is 5.62. The van der Waals surface area contributed by atoms with E-state index in [1.807, 2.05) is 41.3 Å². The van der Waals surface area contributed by atoms with Crippen molar-refractivity contribution < 1.29 is 24.3 Å². The Labute approximate surface area is 244 Å². The first kappa shape index (κ1) is 28.8. The van der Waals surface area contributed by atoms with Crippen LogP contribution in [0.2, 0.25) is 0 Å². The lowest BCUT2D eigenvalue weighted by Gasteiger charge is -2.27. The number of hydrogen-bond donors (Lipinski definition) is 3. The molecule has 1 unspecified atom stereocenters. The molecule has 42 heavy (non-hydrogen) atoms. The van der Waals surface area contributed by atoms with Gasteiger partial charge in [0.2, 0.25) is 11.8 Å². The molecular formula is C32H35N5O5. The molecule has 2 fully saturated rings. The summed E-state index contributed by atoms with van der Waals surface area (Å²) in [5.74, 6) is -1.53. The number of nitrogens with zero attached hydrogens (tertiary/aromatic N) is 3. The number of anilines is 2. The first-order chi connectivity index (χ1) is 20.4. The average molecular weight is 570 g/mol. The highest BCUT2D eigenvalue weighted by atomic mass is 16.4. The Bertz CT molecular complexity index is 1430. The molecule has 5 rings (SSSR count). The van der Waals surface area contributed by atoms with Crippen molar-refractivity contribution in [3.05, 3.63) is 89.7 Å². The minimum atomic E-state index is -1.05. The number of hydrogen-bond acceptors (Lipinski definition) is 6. The molecule has 0 spiro atoms. The van der Waals surface area contributed by atoms with Crippen molar-refractivity contribution in [1.82, 2.24) is 15.2 Å². The third-order valence-electron chi connectivity index (χ3n) is 7.62. The highest BCUT2D eigenvalue weighted by Gasteiger charge is 2.31. The Hall–Kier alpha value is -4.73. The molecule has 1 atom stereocenters. The number of pyridine rings is 1. The summed E-state index contributed by atoms with van der Waals surface area (Å²) in [6, 6.07) is 17.5. The van der Waals surface area contributed by atoms with E-state index in [9.17, 15) is 24.3 Å². The van der Waals surface area contributed by atoms with Crippen molar-refractivity contribution in [2.45, 2.75) is 38.1 Å². The van der Waals surface area contributed by atoms with Crippen LogP contribution in [0.25, 0.3) is 0 Å². The zero-order valence-corrected chi connectivity index (χ0v) is 23.4. The Morgan fingerprint density at radius 2 is 1.76 bits per heavy atom. The van der Waals surface area contributed by atoms with Crippen LogP contribution in [0.3, 0.4) is 0 Å². The SMILES string of the molecule is O=C(O)CC(NC(=O)c1ccc(N2CCCN(C(=O)Cc3ccccc3)CC2)c(NC(=O)C2CC2)c1)c1cccnc1. The van der Waals surface area contributed by atoms with Crippen molar-refractivity contribution in [2.24, 2.45) is 5.92 Å². The number of carboxylic acids is 1. The van der Waals surface area contributed by atoms with Crippen LogP contribution in [0.5, 0.6) is 0 Å². The van der Waals surface area contributed by atoms with Crippen LogP contribution >= 0.6 is 0 Å². The fourth-order valence-corrected chi connectivity index (χ4v) is 5.17. The number of benzene rings is 2. The van der Waals surface area contributed by atoms with E-state index in [1.165, 1.54) is 6.20 Å². The largest absolute Gasteiger partial charge is 0.481 e. The second-order valence-electron chi connectivity index (χ2n) is 10.8. The molecule has 3 aromatic rings. The molecule has 1 aromatic heterocycles. The number of amides is 3. The van der Waals surface area contributed by atoms with Gasteiger partial charge in [0.25, 0.3) is 5.91 Å². The number of carbonyl (C=O) groups excluding carboxylic acids is 3. The lowest BCUT2D eigenvalue weighted by atomic mass is 10.0. The van der Waals surface area contributed by atoms with E-state index in [1.54, 1.807) is 30.5 Å². The number of rotatable bonds is 10. The van der Waals surface area contributed by atoms with Gasteiger partial charge in [-0.05, 0) is 54.7 Å². The first-order valence-electron chi connectivity index (χ1n) is 14.3. The third-order valence-corrected chi connectivity index (χ3v) is 7.62. The second kappa shape index (κ2) is 13.3.